The average Bonchev–Trinajstić information content (AvgIpc) is 3.22. The van der Waals surface area contributed by atoms with Crippen LogP contribution in [0.5, 0.6) is 0 Å². The van der Waals surface area contributed by atoms with Crippen LogP contribution in [0.3, 0.4) is 0 Å². The topological polar surface area (TPSA) is 28.2 Å². The average molecular weight is 287 g/mol. The molecule has 1 aromatic heterocycles. The first kappa shape index (κ1) is 12.6. The summed E-state index contributed by atoms with van der Waals surface area (Å²) < 4.78 is 1.30. The van der Waals surface area contributed by atoms with Crippen LogP contribution in [0.4, 0.5) is 5.13 Å². The maximum Gasteiger partial charge on any atom is 0.186 e. The fourth-order valence-electron chi connectivity index (χ4n) is 2.93. The maximum atomic E-state index is 4.77. The second-order valence-corrected chi connectivity index (χ2v) is 7.09. The molecule has 0 unspecified atom stereocenters. The summed E-state index contributed by atoms with van der Waals surface area (Å²) in [5.74, 6) is 0.984. The molecule has 2 heterocycles. The molecule has 0 atom stereocenters. The molecule has 1 aliphatic heterocycles. The van der Waals surface area contributed by atoms with Crippen molar-refractivity contribution < 1.29 is 0 Å². The second-order valence-electron chi connectivity index (χ2n) is 6.08. The van der Waals surface area contributed by atoms with E-state index >= 15 is 0 Å². The van der Waals surface area contributed by atoms with Gasteiger partial charge in [-0.05, 0) is 50.3 Å². The van der Waals surface area contributed by atoms with Gasteiger partial charge in [0, 0.05) is 19.1 Å². The summed E-state index contributed by atoms with van der Waals surface area (Å²) in [4.78, 5) is 7.23. The van der Waals surface area contributed by atoms with E-state index in [1.807, 2.05) is 11.3 Å². The van der Waals surface area contributed by atoms with Crippen molar-refractivity contribution in [3.8, 4) is 0 Å². The highest BCUT2D eigenvalue weighted by atomic mass is 32.1. The van der Waals surface area contributed by atoms with Gasteiger partial charge in [-0.1, -0.05) is 23.5 Å². The SMILES string of the molecule is c1ccc2sc(N3CCC(NCC4CC4)CC3)nc2c1. The van der Waals surface area contributed by atoms with Crippen molar-refractivity contribution in [2.45, 2.75) is 31.7 Å². The minimum atomic E-state index is 0.723. The molecule has 1 saturated carbocycles. The van der Waals surface area contributed by atoms with Gasteiger partial charge in [-0.25, -0.2) is 4.98 Å². The zero-order valence-corrected chi connectivity index (χ0v) is 12.5. The lowest BCUT2D eigenvalue weighted by Crippen LogP contribution is -2.43. The molecule has 0 spiro atoms. The molecule has 0 bridgehead atoms. The Labute approximate surface area is 124 Å². The highest BCUT2D eigenvalue weighted by molar-refractivity contribution is 7.22. The van der Waals surface area contributed by atoms with Gasteiger partial charge in [0.1, 0.15) is 0 Å². The third-order valence-electron chi connectivity index (χ3n) is 4.44. The molecule has 3 nitrogen and oxygen atoms in total. The lowest BCUT2D eigenvalue weighted by molar-refractivity contribution is 0.409. The first-order chi connectivity index (χ1) is 9.88. The van der Waals surface area contributed by atoms with E-state index in [0.29, 0.717) is 0 Å². The van der Waals surface area contributed by atoms with Crippen molar-refractivity contribution in [1.29, 1.82) is 0 Å². The number of hydrogen-bond acceptors (Lipinski definition) is 4. The first-order valence-corrected chi connectivity index (χ1v) is 8.54. The van der Waals surface area contributed by atoms with Crippen LogP contribution < -0.4 is 10.2 Å². The molecular formula is C16H21N3S. The Morgan fingerprint density at radius 1 is 1.15 bits per heavy atom. The molecule has 4 heteroatoms. The van der Waals surface area contributed by atoms with Crippen LogP contribution in [0.1, 0.15) is 25.7 Å². The minimum Gasteiger partial charge on any atom is -0.348 e. The molecule has 106 valence electrons. The van der Waals surface area contributed by atoms with Crippen molar-refractivity contribution in [3.63, 3.8) is 0 Å². The fourth-order valence-corrected chi connectivity index (χ4v) is 3.94. The van der Waals surface area contributed by atoms with E-state index in [9.17, 15) is 0 Å². The number of para-hydroxylation sites is 1. The van der Waals surface area contributed by atoms with Crippen molar-refractivity contribution in [1.82, 2.24) is 10.3 Å². The molecule has 1 aromatic carbocycles. The summed E-state index contributed by atoms with van der Waals surface area (Å²) in [6, 6.07) is 9.17. The van der Waals surface area contributed by atoms with E-state index in [1.54, 1.807) is 0 Å². The Bertz CT molecular complexity index is 549. The number of aromatic nitrogens is 1. The zero-order valence-electron chi connectivity index (χ0n) is 11.7. The molecule has 4 rings (SSSR count). The van der Waals surface area contributed by atoms with Crippen LogP contribution in [0, 0.1) is 5.92 Å². The summed E-state index contributed by atoms with van der Waals surface area (Å²) in [5, 5.41) is 4.94. The van der Waals surface area contributed by atoms with E-state index < -0.39 is 0 Å². The standard InChI is InChI=1S/C16H21N3S/c1-2-4-15-14(3-1)18-16(20-15)19-9-7-13(8-10-19)17-11-12-5-6-12/h1-4,12-13,17H,5-11H2. The Kier molecular flexibility index (Phi) is 3.36. The number of fused-ring (bicyclic) bond motifs is 1. The summed E-state index contributed by atoms with van der Waals surface area (Å²) >= 11 is 1.83. The van der Waals surface area contributed by atoms with Gasteiger partial charge in [0.2, 0.25) is 0 Å². The van der Waals surface area contributed by atoms with Crippen LogP contribution in [0.25, 0.3) is 10.2 Å². The van der Waals surface area contributed by atoms with Crippen LogP contribution in [0.15, 0.2) is 24.3 Å². The molecule has 2 aromatic rings. The molecule has 1 N–H and O–H groups in total. The molecule has 20 heavy (non-hydrogen) atoms. The van der Waals surface area contributed by atoms with Gasteiger partial charge in [0.05, 0.1) is 10.2 Å². The smallest absolute Gasteiger partial charge is 0.186 e. The van der Waals surface area contributed by atoms with E-state index in [2.05, 4.69) is 34.5 Å². The number of anilines is 1. The van der Waals surface area contributed by atoms with Crippen molar-refractivity contribution in [3.05, 3.63) is 24.3 Å². The van der Waals surface area contributed by atoms with Gasteiger partial charge in [-0.2, -0.15) is 0 Å². The van der Waals surface area contributed by atoms with Crippen LogP contribution >= 0.6 is 11.3 Å². The van der Waals surface area contributed by atoms with E-state index in [1.165, 1.54) is 42.1 Å². The van der Waals surface area contributed by atoms with E-state index in [4.69, 9.17) is 4.98 Å². The quantitative estimate of drug-likeness (QED) is 0.935. The number of nitrogens with zero attached hydrogens (tertiary/aromatic N) is 2. The van der Waals surface area contributed by atoms with Crippen LogP contribution in [-0.4, -0.2) is 30.7 Å². The third kappa shape index (κ3) is 2.67. The van der Waals surface area contributed by atoms with Crippen molar-refractivity contribution >= 4 is 26.7 Å². The molecule has 0 amide bonds. The summed E-state index contributed by atoms with van der Waals surface area (Å²) in [6.45, 7) is 3.52. The van der Waals surface area contributed by atoms with Crippen molar-refractivity contribution in [2.24, 2.45) is 5.92 Å². The predicted octanol–water partition coefficient (Wildman–Crippen LogP) is 3.26. The molecule has 2 aliphatic rings. The highest BCUT2D eigenvalue weighted by Gasteiger charge is 2.25. The van der Waals surface area contributed by atoms with Crippen LogP contribution in [-0.2, 0) is 0 Å². The predicted molar refractivity (Wildman–Crippen MR) is 85.6 cm³/mol. The van der Waals surface area contributed by atoms with Crippen molar-refractivity contribution in [2.75, 3.05) is 24.5 Å². The molecule has 1 saturated heterocycles. The molecule has 1 aliphatic carbocycles. The minimum absolute atomic E-state index is 0.723. The maximum absolute atomic E-state index is 4.77. The summed E-state index contributed by atoms with van der Waals surface area (Å²) in [6.07, 6.45) is 5.39. The number of benzene rings is 1. The van der Waals surface area contributed by atoms with Gasteiger partial charge in [-0.3, -0.25) is 0 Å². The van der Waals surface area contributed by atoms with Gasteiger partial charge in [-0.15, -0.1) is 0 Å². The highest BCUT2D eigenvalue weighted by Crippen LogP contribution is 2.31. The van der Waals surface area contributed by atoms with Gasteiger partial charge >= 0.3 is 0 Å². The van der Waals surface area contributed by atoms with Gasteiger partial charge in [0.25, 0.3) is 0 Å². The Morgan fingerprint density at radius 2 is 1.95 bits per heavy atom. The fraction of sp³-hybridized carbons (Fsp3) is 0.562. The monoisotopic (exact) mass is 287 g/mol. The largest absolute Gasteiger partial charge is 0.348 e. The van der Waals surface area contributed by atoms with Crippen LogP contribution in [0.2, 0.25) is 0 Å². The second kappa shape index (κ2) is 5.34. The third-order valence-corrected chi connectivity index (χ3v) is 5.54. The Hall–Kier alpha value is -1.13. The zero-order chi connectivity index (χ0) is 13.4. The normalized spacial score (nSPS) is 20.7. The van der Waals surface area contributed by atoms with Gasteiger partial charge < -0.3 is 10.2 Å². The van der Waals surface area contributed by atoms with E-state index in [-0.39, 0.29) is 0 Å². The molecule has 0 radical (unpaired) electrons. The number of rotatable bonds is 4. The molecule has 2 fully saturated rings. The Morgan fingerprint density at radius 3 is 2.70 bits per heavy atom. The van der Waals surface area contributed by atoms with Gasteiger partial charge in [0.15, 0.2) is 5.13 Å². The first-order valence-electron chi connectivity index (χ1n) is 7.72. The lowest BCUT2D eigenvalue weighted by atomic mass is 10.1. The number of piperidine rings is 1. The molecular weight excluding hydrogens is 266 g/mol. The lowest BCUT2D eigenvalue weighted by Gasteiger charge is -2.32. The Balaban J connectivity index is 1.37. The van der Waals surface area contributed by atoms with E-state index in [0.717, 1.165) is 30.6 Å². The number of nitrogens with one attached hydrogen (secondary N) is 1. The number of hydrogen-bond donors (Lipinski definition) is 1. The summed E-state index contributed by atoms with van der Waals surface area (Å²) in [5.41, 5.74) is 1.14. The summed E-state index contributed by atoms with van der Waals surface area (Å²) in [7, 11) is 0. The number of thiazole rings is 1.